The molecule has 2 N–H and O–H groups in total. The van der Waals surface area contributed by atoms with Gasteiger partial charge in [0.15, 0.2) is 0 Å². The lowest BCUT2D eigenvalue weighted by Crippen LogP contribution is -2.33. The van der Waals surface area contributed by atoms with Gasteiger partial charge in [0, 0.05) is 18.9 Å². The maximum Gasteiger partial charge on any atom is 0.305 e. The van der Waals surface area contributed by atoms with Crippen LogP contribution in [0.4, 0.5) is 0 Å². The fourth-order valence-electron chi connectivity index (χ4n) is 1.90. The van der Waals surface area contributed by atoms with Gasteiger partial charge in [-0.2, -0.15) is 0 Å². The van der Waals surface area contributed by atoms with Gasteiger partial charge in [-0.25, -0.2) is 0 Å². The second-order valence-electron chi connectivity index (χ2n) is 4.59. The van der Waals surface area contributed by atoms with Gasteiger partial charge < -0.3 is 15.2 Å². The number of nitrogens with one attached hydrogen (secondary N) is 1. The predicted molar refractivity (Wildman–Crippen MR) is 74.1 cm³/mol. The molecule has 1 fully saturated rings. The van der Waals surface area contributed by atoms with Gasteiger partial charge in [-0.1, -0.05) is 13.3 Å². The van der Waals surface area contributed by atoms with Crippen molar-refractivity contribution in [3.8, 4) is 0 Å². The van der Waals surface area contributed by atoms with Gasteiger partial charge in [-0.3, -0.25) is 9.59 Å². The zero-order chi connectivity index (χ0) is 14.5. The first kappa shape index (κ1) is 17.9. The molecule has 0 amide bonds. The highest BCUT2D eigenvalue weighted by molar-refractivity contribution is 5.69. The summed E-state index contributed by atoms with van der Waals surface area (Å²) in [6, 6.07) is 0.637. The van der Waals surface area contributed by atoms with Gasteiger partial charge >= 0.3 is 11.9 Å². The normalized spacial score (nSPS) is 18.1. The fraction of sp³-hybridized carbons (Fsp3) is 0.857. The summed E-state index contributed by atoms with van der Waals surface area (Å²) in [6.07, 6.45) is 6.76. The molecule has 1 saturated heterocycles. The zero-order valence-electron chi connectivity index (χ0n) is 12.1. The summed E-state index contributed by atoms with van der Waals surface area (Å²) < 4.78 is 4.87. The summed E-state index contributed by atoms with van der Waals surface area (Å²) in [7, 11) is 0. The third-order valence-corrected chi connectivity index (χ3v) is 2.95. The maximum atomic E-state index is 11.0. The highest BCUT2D eigenvalue weighted by Crippen LogP contribution is 2.12. The average molecular weight is 273 g/mol. The van der Waals surface area contributed by atoms with Crippen molar-refractivity contribution in [2.75, 3.05) is 13.2 Å². The SMILES string of the molecule is CCC(=O)O.CCOC(=O)CCCC1CCCCN1. The number of carbonyl (C=O) groups is 2. The number of carboxylic acid groups (broad SMARTS) is 1. The van der Waals surface area contributed by atoms with Crippen LogP contribution in [0.25, 0.3) is 0 Å². The van der Waals surface area contributed by atoms with Gasteiger partial charge in [-0.15, -0.1) is 0 Å². The van der Waals surface area contributed by atoms with Gasteiger partial charge in [0.05, 0.1) is 6.61 Å². The Kier molecular flexibility index (Phi) is 11.3. The monoisotopic (exact) mass is 273 g/mol. The van der Waals surface area contributed by atoms with Gasteiger partial charge in [0.25, 0.3) is 0 Å². The lowest BCUT2D eigenvalue weighted by atomic mass is 10.00. The number of aliphatic carboxylic acids is 1. The van der Waals surface area contributed by atoms with Gasteiger partial charge in [0.1, 0.15) is 0 Å². The molecular formula is C14H27NO4. The summed E-state index contributed by atoms with van der Waals surface area (Å²) in [5.41, 5.74) is 0. The Morgan fingerprint density at radius 3 is 2.47 bits per heavy atom. The van der Waals surface area contributed by atoms with Crippen LogP contribution in [0.5, 0.6) is 0 Å². The van der Waals surface area contributed by atoms with Crippen molar-refractivity contribution in [1.29, 1.82) is 0 Å². The quantitative estimate of drug-likeness (QED) is 0.726. The topological polar surface area (TPSA) is 75.6 Å². The second kappa shape index (κ2) is 12.0. The van der Waals surface area contributed by atoms with E-state index in [4.69, 9.17) is 9.84 Å². The molecule has 1 unspecified atom stereocenters. The van der Waals surface area contributed by atoms with E-state index in [-0.39, 0.29) is 12.4 Å². The summed E-state index contributed by atoms with van der Waals surface area (Å²) in [6.45, 7) is 5.09. The molecular weight excluding hydrogens is 246 g/mol. The summed E-state index contributed by atoms with van der Waals surface area (Å²) in [5, 5.41) is 11.2. The molecule has 0 aromatic heterocycles. The Labute approximate surface area is 115 Å². The molecule has 0 saturated carbocycles. The first-order valence-corrected chi connectivity index (χ1v) is 7.20. The number of piperidine rings is 1. The molecule has 5 heteroatoms. The minimum absolute atomic E-state index is 0.0525. The highest BCUT2D eigenvalue weighted by atomic mass is 16.5. The third kappa shape index (κ3) is 11.7. The van der Waals surface area contributed by atoms with E-state index >= 15 is 0 Å². The molecule has 1 heterocycles. The Morgan fingerprint density at radius 2 is 2.00 bits per heavy atom. The molecule has 0 aromatic carbocycles. The van der Waals surface area contributed by atoms with Crippen molar-refractivity contribution in [3.63, 3.8) is 0 Å². The Morgan fingerprint density at radius 1 is 1.32 bits per heavy atom. The molecule has 0 aromatic rings. The first-order chi connectivity index (χ1) is 9.10. The van der Waals surface area contributed by atoms with Crippen molar-refractivity contribution in [1.82, 2.24) is 5.32 Å². The molecule has 1 aliphatic heterocycles. The molecule has 0 radical (unpaired) electrons. The molecule has 1 aliphatic rings. The van der Waals surface area contributed by atoms with Crippen LogP contribution in [0.3, 0.4) is 0 Å². The number of esters is 1. The standard InChI is InChI=1S/C11H21NO2.C3H6O2/c1-2-14-11(13)8-5-7-10-6-3-4-9-12-10;1-2-3(4)5/h10,12H,2-9H2,1H3;2H2,1H3,(H,4,5). The first-order valence-electron chi connectivity index (χ1n) is 7.20. The fourth-order valence-corrected chi connectivity index (χ4v) is 1.90. The van der Waals surface area contributed by atoms with Crippen LogP contribution in [0, 0.1) is 0 Å². The van der Waals surface area contributed by atoms with Crippen molar-refractivity contribution in [2.45, 2.75) is 64.8 Å². The largest absolute Gasteiger partial charge is 0.481 e. The summed E-state index contributed by atoms with van der Waals surface area (Å²) >= 11 is 0. The Hall–Kier alpha value is -1.10. The molecule has 19 heavy (non-hydrogen) atoms. The van der Waals surface area contributed by atoms with E-state index in [0.717, 1.165) is 19.4 Å². The van der Waals surface area contributed by atoms with Crippen LogP contribution >= 0.6 is 0 Å². The molecule has 0 spiro atoms. The minimum Gasteiger partial charge on any atom is -0.481 e. The van der Waals surface area contributed by atoms with Crippen LogP contribution in [-0.4, -0.2) is 36.2 Å². The number of carboxylic acids is 1. The van der Waals surface area contributed by atoms with E-state index in [0.29, 0.717) is 19.1 Å². The number of ether oxygens (including phenoxy) is 1. The molecule has 1 atom stereocenters. The van der Waals surface area contributed by atoms with E-state index in [9.17, 15) is 9.59 Å². The number of hydrogen-bond acceptors (Lipinski definition) is 4. The lowest BCUT2D eigenvalue weighted by molar-refractivity contribution is -0.143. The van der Waals surface area contributed by atoms with Crippen LogP contribution in [0.1, 0.15) is 58.8 Å². The van der Waals surface area contributed by atoms with E-state index in [1.807, 2.05) is 6.92 Å². The number of carbonyl (C=O) groups excluding carboxylic acids is 1. The molecule has 1 rings (SSSR count). The van der Waals surface area contributed by atoms with Crippen LogP contribution < -0.4 is 5.32 Å². The Balaban J connectivity index is 0.000000555. The van der Waals surface area contributed by atoms with Crippen LogP contribution in [0.2, 0.25) is 0 Å². The zero-order valence-corrected chi connectivity index (χ0v) is 12.1. The minimum atomic E-state index is -0.745. The van der Waals surface area contributed by atoms with E-state index < -0.39 is 5.97 Å². The van der Waals surface area contributed by atoms with Crippen molar-refractivity contribution < 1.29 is 19.4 Å². The van der Waals surface area contributed by atoms with Crippen molar-refractivity contribution in [2.24, 2.45) is 0 Å². The predicted octanol–water partition coefficient (Wildman–Crippen LogP) is 2.34. The van der Waals surface area contributed by atoms with Gasteiger partial charge in [-0.05, 0) is 39.2 Å². The third-order valence-electron chi connectivity index (χ3n) is 2.95. The number of rotatable bonds is 6. The molecule has 112 valence electrons. The Bertz CT molecular complexity index is 250. The maximum absolute atomic E-state index is 11.0. The van der Waals surface area contributed by atoms with E-state index in [2.05, 4.69) is 5.32 Å². The second-order valence-corrected chi connectivity index (χ2v) is 4.59. The summed E-state index contributed by atoms with van der Waals surface area (Å²) in [5.74, 6) is -0.798. The van der Waals surface area contributed by atoms with E-state index in [1.54, 1.807) is 6.92 Å². The van der Waals surface area contributed by atoms with Crippen LogP contribution in [-0.2, 0) is 14.3 Å². The lowest BCUT2D eigenvalue weighted by Gasteiger charge is -2.23. The molecule has 0 bridgehead atoms. The molecule has 5 nitrogen and oxygen atoms in total. The van der Waals surface area contributed by atoms with E-state index in [1.165, 1.54) is 19.3 Å². The number of hydrogen-bond donors (Lipinski definition) is 2. The van der Waals surface area contributed by atoms with Crippen molar-refractivity contribution in [3.05, 3.63) is 0 Å². The van der Waals surface area contributed by atoms with Crippen LogP contribution in [0.15, 0.2) is 0 Å². The van der Waals surface area contributed by atoms with Crippen molar-refractivity contribution >= 4 is 11.9 Å². The molecule has 0 aliphatic carbocycles. The average Bonchev–Trinajstić information content (AvgIpc) is 2.41. The van der Waals surface area contributed by atoms with Gasteiger partial charge in [0.2, 0.25) is 0 Å². The summed E-state index contributed by atoms with van der Waals surface area (Å²) in [4.78, 5) is 20.4. The smallest absolute Gasteiger partial charge is 0.305 e. The highest BCUT2D eigenvalue weighted by Gasteiger charge is 2.12.